The van der Waals surface area contributed by atoms with Gasteiger partial charge in [0, 0.05) is 5.56 Å². The zero-order valence-electron chi connectivity index (χ0n) is 17.7. The molecule has 0 amide bonds. The standard InChI is InChI=1S/C27H34S/c1-5-21-9-11-22(12-10-21)23(15-16-28)13-14-25-18-26(19(2)3)27(17-20(25)4)24-7-6-8-24/h1,9-12,17-19,23-24,28H,6-8,13-16H2,2-4H3. The van der Waals surface area contributed by atoms with E-state index in [0.29, 0.717) is 11.8 Å². The first kappa shape index (κ1) is 21.1. The van der Waals surface area contributed by atoms with Crippen molar-refractivity contribution in [2.24, 2.45) is 0 Å². The van der Waals surface area contributed by atoms with E-state index in [1.807, 2.05) is 0 Å². The van der Waals surface area contributed by atoms with E-state index >= 15 is 0 Å². The Morgan fingerprint density at radius 2 is 1.82 bits per heavy atom. The molecule has 2 aromatic carbocycles. The average Bonchev–Trinajstić information content (AvgIpc) is 2.65. The maximum absolute atomic E-state index is 5.51. The van der Waals surface area contributed by atoms with Crippen LogP contribution in [-0.2, 0) is 6.42 Å². The second kappa shape index (κ2) is 9.71. The van der Waals surface area contributed by atoms with E-state index in [1.54, 1.807) is 11.1 Å². The van der Waals surface area contributed by atoms with Crippen molar-refractivity contribution in [2.75, 3.05) is 5.75 Å². The van der Waals surface area contributed by atoms with Gasteiger partial charge < -0.3 is 0 Å². The maximum Gasteiger partial charge on any atom is 0.0242 e. The van der Waals surface area contributed by atoms with Crippen LogP contribution in [0.15, 0.2) is 36.4 Å². The molecule has 1 aliphatic carbocycles. The monoisotopic (exact) mass is 390 g/mol. The van der Waals surface area contributed by atoms with Crippen molar-refractivity contribution in [3.05, 3.63) is 69.8 Å². The molecule has 1 unspecified atom stereocenters. The van der Waals surface area contributed by atoms with Crippen molar-refractivity contribution in [2.45, 2.75) is 77.0 Å². The number of hydrogen-bond donors (Lipinski definition) is 1. The predicted molar refractivity (Wildman–Crippen MR) is 126 cm³/mol. The molecule has 0 saturated heterocycles. The van der Waals surface area contributed by atoms with Gasteiger partial charge in [0.05, 0.1) is 0 Å². The Hall–Kier alpha value is -1.65. The summed E-state index contributed by atoms with van der Waals surface area (Å²) >= 11 is 4.51. The summed E-state index contributed by atoms with van der Waals surface area (Å²) in [5.74, 6) is 5.57. The van der Waals surface area contributed by atoms with Gasteiger partial charge in [-0.15, -0.1) is 6.42 Å². The topological polar surface area (TPSA) is 0 Å². The second-order valence-electron chi connectivity index (χ2n) is 8.70. The van der Waals surface area contributed by atoms with Crippen LogP contribution < -0.4 is 0 Å². The molecular formula is C27H34S. The van der Waals surface area contributed by atoms with E-state index in [0.717, 1.165) is 36.5 Å². The molecule has 1 heteroatoms. The Balaban J connectivity index is 1.79. The fourth-order valence-corrected chi connectivity index (χ4v) is 4.76. The van der Waals surface area contributed by atoms with E-state index in [1.165, 1.54) is 36.0 Å². The van der Waals surface area contributed by atoms with Gasteiger partial charge >= 0.3 is 0 Å². The lowest BCUT2D eigenvalue weighted by molar-refractivity contribution is 0.416. The third-order valence-electron chi connectivity index (χ3n) is 6.50. The normalized spacial score (nSPS) is 15.3. The third-order valence-corrected chi connectivity index (χ3v) is 6.76. The smallest absolute Gasteiger partial charge is 0.0242 e. The molecular weight excluding hydrogens is 356 g/mol. The zero-order valence-corrected chi connectivity index (χ0v) is 18.6. The molecule has 0 nitrogen and oxygen atoms in total. The molecule has 1 saturated carbocycles. The van der Waals surface area contributed by atoms with Crippen LogP contribution in [0.5, 0.6) is 0 Å². The SMILES string of the molecule is C#Cc1ccc(C(CCS)CCc2cc(C(C)C)c(C3CCC3)cc2C)cc1. The van der Waals surface area contributed by atoms with Crippen LogP contribution in [0.3, 0.4) is 0 Å². The molecule has 1 atom stereocenters. The fraction of sp³-hybridized carbons (Fsp3) is 0.481. The summed E-state index contributed by atoms with van der Waals surface area (Å²) in [6.45, 7) is 6.98. The Morgan fingerprint density at radius 1 is 1.11 bits per heavy atom. The molecule has 1 fully saturated rings. The molecule has 0 heterocycles. The zero-order chi connectivity index (χ0) is 20.1. The van der Waals surface area contributed by atoms with Gasteiger partial charge in [-0.1, -0.05) is 50.5 Å². The minimum absolute atomic E-state index is 0.539. The van der Waals surface area contributed by atoms with E-state index in [-0.39, 0.29) is 0 Å². The minimum Gasteiger partial charge on any atom is -0.179 e. The number of aryl methyl sites for hydroxylation is 2. The lowest BCUT2D eigenvalue weighted by atomic mass is 9.75. The summed E-state index contributed by atoms with van der Waals surface area (Å²) < 4.78 is 0. The van der Waals surface area contributed by atoms with Crippen molar-refractivity contribution in [3.63, 3.8) is 0 Å². The van der Waals surface area contributed by atoms with Gasteiger partial charge in [-0.25, -0.2) is 0 Å². The van der Waals surface area contributed by atoms with Crippen LogP contribution in [0.25, 0.3) is 0 Å². The molecule has 3 rings (SSSR count). The summed E-state index contributed by atoms with van der Waals surface area (Å²) in [7, 11) is 0. The summed E-state index contributed by atoms with van der Waals surface area (Å²) in [5, 5.41) is 0. The second-order valence-corrected chi connectivity index (χ2v) is 9.15. The largest absolute Gasteiger partial charge is 0.179 e. The first-order valence-electron chi connectivity index (χ1n) is 10.8. The van der Waals surface area contributed by atoms with Gasteiger partial charge in [-0.3, -0.25) is 0 Å². The molecule has 0 N–H and O–H groups in total. The highest BCUT2D eigenvalue weighted by Gasteiger charge is 2.24. The van der Waals surface area contributed by atoms with Crippen LogP contribution >= 0.6 is 12.6 Å². The van der Waals surface area contributed by atoms with Crippen molar-refractivity contribution in [1.29, 1.82) is 0 Å². The Labute approximate surface area is 177 Å². The van der Waals surface area contributed by atoms with Crippen molar-refractivity contribution < 1.29 is 0 Å². The summed E-state index contributed by atoms with van der Waals surface area (Å²) in [6, 6.07) is 13.6. The lowest BCUT2D eigenvalue weighted by Crippen LogP contribution is -2.13. The van der Waals surface area contributed by atoms with Crippen LogP contribution in [0.4, 0.5) is 0 Å². The quantitative estimate of drug-likeness (QED) is 0.352. The number of terminal acetylenes is 1. The molecule has 0 aromatic heterocycles. The van der Waals surface area contributed by atoms with E-state index < -0.39 is 0 Å². The van der Waals surface area contributed by atoms with E-state index in [9.17, 15) is 0 Å². The average molecular weight is 391 g/mol. The third kappa shape index (κ3) is 4.84. The van der Waals surface area contributed by atoms with Gasteiger partial charge in [0.1, 0.15) is 0 Å². The molecule has 2 aromatic rings. The number of thiol groups is 1. The van der Waals surface area contributed by atoms with Crippen LogP contribution in [0, 0.1) is 19.3 Å². The van der Waals surface area contributed by atoms with E-state index in [2.05, 4.69) is 75.7 Å². The summed E-state index contributed by atoms with van der Waals surface area (Å²) in [4.78, 5) is 0. The Morgan fingerprint density at radius 3 is 2.36 bits per heavy atom. The van der Waals surface area contributed by atoms with Crippen molar-refractivity contribution in [1.82, 2.24) is 0 Å². The molecule has 0 aliphatic heterocycles. The number of rotatable bonds is 8. The highest BCUT2D eigenvalue weighted by Crippen LogP contribution is 2.41. The first-order chi connectivity index (χ1) is 13.5. The maximum atomic E-state index is 5.51. The van der Waals surface area contributed by atoms with E-state index in [4.69, 9.17) is 6.42 Å². The lowest BCUT2D eigenvalue weighted by Gasteiger charge is -2.30. The molecule has 1 aliphatic rings. The van der Waals surface area contributed by atoms with Crippen LogP contribution in [0.1, 0.15) is 97.1 Å². The fourth-order valence-electron chi connectivity index (χ4n) is 4.45. The predicted octanol–water partition coefficient (Wildman–Crippen LogP) is 7.40. The van der Waals surface area contributed by atoms with Gasteiger partial charge in [-0.05, 0) is 102 Å². The minimum atomic E-state index is 0.539. The molecule has 28 heavy (non-hydrogen) atoms. The van der Waals surface area contributed by atoms with Gasteiger partial charge in [0.15, 0.2) is 0 Å². The highest BCUT2D eigenvalue weighted by molar-refractivity contribution is 7.80. The number of benzene rings is 2. The van der Waals surface area contributed by atoms with Gasteiger partial charge in [-0.2, -0.15) is 12.6 Å². The Kier molecular flexibility index (Phi) is 7.30. The molecule has 148 valence electrons. The summed E-state index contributed by atoms with van der Waals surface area (Å²) in [6.07, 6.45) is 13.0. The number of hydrogen-bond acceptors (Lipinski definition) is 1. The van der Waals surface area contributed by atoms with Gasteiger partial charge in [0.25, 0.3) is 0 Å². The Bertz CT molecular complexity index is 819. The molecule has 0 bridgehead atoms. The van der Waals surface area contributed by atoms with Gasteiger partial charge in [0.2, 0.25) is 0 Å². The molecule has 0 spiro atoms. The first-order valence-corrected chi connectivity index (χ1v) is 11.5. The highest BCUT2D eigenvalue weighted by atomic mass is 32.1. The van der Waals surface area contributed by atoms with Crippen LogP contribution in [-0.4, -0.2) is 5.75 Å². The van der Waals surface area contributed by atoms with Crippen LogP contribution in [0.2, 0.25) is 0 Å². The van der Waals surface area contributed by atoms with Crippen molar-refractivity contribution >= 4 is 12.6 Å². The van der Waals surface area contributed by atoms with Crippen molar-refractivity contribution in [3.8, 4) is 12.3 Å². The summed E-state index contributed by atoms with van der Waals surface area (Å²) in [5.41, 5.74) is 8.54. The molecule has 0 radical (unpaired) electrons.